The monoisotopic (exact) mass is 360 g/mol. The van der Waals surface area contributed by atoms with Crippen LogP contribution in [0.2, 0.25) is 5.02 Å². The fourth-order valence-corrected chi connectivity index (χ4v) is 3.18. The fourth-order valence-electron chi connectivity index (χ4n) is 3.05. The number of anilines is 1. The van der Waals surface area contributed by atoms with E-state index in [1.165, 1.54) is 0 Å². The number of hydrogen-bond donors (Lipinski definition) is 1. The second kappa shape index (κ2) is 6.71. The number of rotatable bonds is 3. The molecule has 0 aliphatic carbocycles. The molecule has 1 aromatic heterocycles. The molecular formula is C19H25ClN4O. The minimum Gasteiger partial charge on any atom is -0.369 e. The second-order valence-electron chi connectivity index (χ2n) is 7.63. The maximum Gasteiger partial charge on any atom is 0.255 e. The molecule has 0 bridgehead atoms. The van der Waals surface area contributed by atoms with Crippen LogP contribution >= 0.6 is 11.6 Å². The highest BCUT2D eigenvalue weighted by atomic mass is 35.5. The number of amides is 1. The van der Waals surface area contributed by atoms with Crippen LogP contribution in [-0.2, 0) is 5.54 Å². The van der Waals surface area contributed by atoms with Crippen molar-refractivity contribution in [2.45, 2.75) is 45.7 Å². The molecular weight excluding hydrogens is 336 g/mol. The molecule has 1 aliphatic heterocycles. The predicted octanol–water partition coefficient (Wildman–Crippen LogP) is 3.61. The first-order chi connectivity index (χ1) is 11.7. The third-order valence-electron chi connectivity index (χ3n) is 4.55. The summed E-state index contributed by atoms with van der Waals surface area (Å²) >= 11 is 5.95. The summed E-state index contributed by atoms with van der Waals surface area (Å²) in [5, 5.41) is 8.37. The zero-order chi connectivity index (χ0) is 18.2. The zero-order valence-electron chi connectivity index (χ0n) is 15.2. The van der Waals surface area contributed by atoms with Crippen molar-refractivity contribution in [2.24, 2.45) is 0 Å². The van der Waals surface area contributed by atoms with Crippen molar-refractivity contribution < 1.29 is 4.79 Å². The molecule has 6 heteroatoms. The number of carbonyl (C=O) groups excluding carboxylic acids is 1. The molecule has 3 rings (SSSR count). The van der Waals surface area contributed by atoms with Gasteiger partial charge in [0.2, 0.25) is 0 Å². The van der Waals surface area contributed by atoms with Crippen LogP contribution in [0.25, 0.3) is 0 Å². The summed E-state index contributed by atoms with van der Waals surface area (Å²) in [6.07, 6.45) is 2.78. The van der Waals surface area contributed by atoms with E-state index in [2.05, 4.69) is 36.1 Å². The van der Waals surface area contributed by atoms with Gasteiger partial charge in [-0.25, -0.2) is 0 Å². The lowest BCUT2D eigenvalue weighted by molar-refractivity contribution is 0.0939. The van der Waals surface area contributed by atoms with E-state index < -0.39 is 0 Å². The Balaban J connectivity index is 1.64. The molecule has 1 N–H and O–H groups in total. The van der Waals surface area contributed by atoms with E-state index in [0.29, 0.717) is 5.56 Å². The summed E-state index contributed by atoms with van der Waals surface area (Å²) in [5.74, 6) is -0.0454. The number of halogens is 1. The highest BCUT2D eigenvalue weighted by molar-refractivity contribution is 6.30. The highest BCUT2D eigenvalue weighted by Gasteiger charge is 2.26. The predicted molar refractivity (Wildman–Crippen MR) is 101 cm³/mol. The number of carbonyl (C=O) groups is 1. The smallest absolute Gasteiger partial charge is 0.255 e. The third-order valence-corrected chi connectivity index (χ3v) is 4.80. The van der Waals surface area contributed by atoms with Gasteiger partial charge >= 0.3 is 0 Å². The summed E-state index contributed by atoms with van der Waals surface area (Å²) in [5.41, 5.74) is 2.42. The molecule has 1 amide bonds. The van der Waals surface area contributed by atoms with Crippen molar-refractivity contribution in [3.05, 3.63) is 46.7 Å². The Morgan fingerprint density at radius 2 is 1.96 bits per heavy atom. The van der Waals surface area contributed by atoms with Crippen molar-refractivity contribution in [3.8, 4) is 0 Å². The van der Waals surface area contributed by atoms with E-state index in [0.717, 1.165) is 35.9 Å². The average molecular weight is 361 g/mol. The van der Waals surface area contributed by atoms with Gasteiger partial charge in [0.05, 0.1) is 16.8 Å². The summed E-state index contributed by atoms with van der Waals surface area (Å²) in [7, 11) is 0. The first-order valence-corrected chi connectivity index (χ1v) is 9.00. The molecule has 5 nitrogen and oxygen atoms in total. The topological polar surface area (TPSA) is 50.2 Å². The van der Waals surface area contributed by atoms with E-state index in [4.69, 9.17) is 11.6 Å². The van der Waals surface area contributed by atoms with Gasteiger partial charge in [0, 0.05) is 36.0 Å². The van der Waals surface area contributed by atoms with Crippen molar-refractivity contribution in [1.82, 2.24) is 15.1 Å². The molecule has 1 aliphatic rings. The molecule has 1 fully saturated rings. The maximum absolute atomic E-state index is 12.6. The summed E-state index contributed by atoms with van der Waals surface area (Å²) in [4.78, 5) is 14.9. The van der Waals surface area contributed by atoms with Crippen molar-refractivity contribution >= 4 is 23.2 Å². The Morgan fingerprint density at radius 1 is 1.28 bits per heavy atom. The van der Waals surface area contributed by atoms with Crippen LogP contribution in [0.3, 0.4) is 0 Å². The quantitative estimate of drug-likeness (QED) is 0.909. The SMILES string of the molecule is Cc1nn(C(C)(C)C)cc1C(=O)NC1CCN(c2ccc(Cl)cc2)C1. The van der Waals surface area contributed by atoms with E-state index in [1.807, 2.05) is 42.1 Å². The Kier molecular flexibility index (Phi) is 4.78. The van der Waals surface area contributed by atoms with Gasteiger partial charge in [-0.2, -0.15) is 5.10 Å². The first kappa shape index (κ1) is 17.8. The van der Waals surface area contributed by atoms with E-state index in [-0.39, 0.29) is 17.5 Å². The second-order valence-corrected chi connectivity index (χ2v) is 8.06. The Hall–Kier alpha value is -2.01. The number of hydrogen-bond acceptors (Lipinski definition) is 3. The molecule has 1 aromatic carbocycles. The van der Waals surface area contributed by atoms with E-state index >= 15 is 0 Å². The summed E-state index contributed by atoms with van der Waals surface area (Å²) in [6, 6.07) is 7.97. The minimum atomic E-state index is -0.137. The van der Waals surface area contributed by atoms with E-state index in [1.54, 1.807) is 0 Å². The Bertz CT molecular complexity index is 761. The van der Waals surface area contributed by atoms with Gasteiger partial charge in [-0.3, -0.25) is 9.48 Å². The third kappa shape index (κ3) is 3.98. The summed E-state index contributed by atoms with van der Waals surface area (Å²) in [6.45, 7) is 9.82. The number of benzene rings is 1. The van der Waals surface area contributed by atoms with Gasteiger partial charge in [-0.1, -0.05) is 11.6 Å². The normalized spacial score (nSPS) is 17.8. The molecule has 1 atom stereocenters. The van der Waals surface area contributed by atoms with Gasteiger partial charge in [0.15, 0.2) is 0 Å². The molecule has 1 saturated heterocycles. The number of aromatic nitrogens is 2. The Morgan fingerprint density at radius 3 is 2.56 bits per heavy atom. The van der Waals surface area contributed by atoms with Crippen molar-refractivity contribution in [1.29, 1.82) is 0 Å². The van der Waals surface area contributed by atoms with E-state index in [9.17, 15) is 4.79 Å². The lowest BCUT2D eigenvalue weighted by atomic mass is 10.1. The highest BCUT2D eigenvalue weighted by Crippen LogP contribution is 2.23. The van der Waals surface area contributed by atoms with Crippen LogP contribution in [0.15, 0.2) is 30.5 Å². The van der Waals surface area contributed by atoms with Gasteiger partial charge in [-0.15, -0.1) is 0 Å². The zero-order valence-corrected chi connectivity index (χ0v) is 16.0. The van der Waals surface area contributed by atoms with Crippen molar-refractivity contribution in [2.75, 3.05) is 18.0 Å². The first-order valence-electron chi connectivity index (χ1n) is 8.62. The van der Waals surface area contributed by atoms with Crippen LogP contribution in [0, 0.1) is 6.92 Å². The van der Waals surface area contributed by atoms with Gasteiger partial charge < -0.3 is 10.2 Å². The van der Waals surface area contributed by atoms with Crippen LogP contribution in [0.1, 0.15) is 43.2 Å². The fraction of sp³-hybridized carbons (Fsp3) is 0.474. The molecule has 2 heterocycles. The number of aryl methyl sites for hydroxylation is 1. The van der Waals surface area contributed by atoms with Crippen molar-refractivity contribution in [3.63, 3.8) is 0 Å². The largest absolute Gasteiger partial charge is 0.369 e. The molecule has 1 unspecified atom stereocenters. The van der Waals surface area contributed by atoms with Crippen LogP contribution in [0.5, 0.6) is 0 Å². The van der Waals surface area contributed by atoms with Gasteiger partial charge in [0.1, 0.15) is 0 Å². The molecule has 0 saturated carbocycles. The van der Waals surface area contributed by atoms with Gasteiger partial charge in [-0.05, 0) is 58.4 Å². The molecule has 2 aromatic rings. The minimum absolute atomic E-state index is 0.0454. The van der Waals surface area contributed by atoms with Crippen LogP contribution < -0.4 is 10.2 Å². The molecule has 25 heavy (non-hydrogen) atoms. The summed E-state index contributed by atoms with van der Waals surface area (Å²) < 4.78 is 1.85. The standard InChI is InChI=1S/C19H25ClN4O/c1-13-17(12-24(22-13)19(2,3)4)18(25)21-15-9-10-23(11-15)16-7-5-14(20)6-8-16/h5-8,12,15H,9-11H2,1-4H3,(H,21,25). The molecule has 0 radical (unpaired) electrons. The maximum atomic E-state index is 12.6. The van der Waals surface area contributed by atoms with Crippen LogP contribution in [-0.4, -0.2) is 34.8 Å². The Labute approximate surface area is 154 Å². The molecule has 0 spiro atoms. The van der Waals surface area contributed by atoms with Crippen LogP contribution in [0.4, 0.5) is 5.69 Å². The lowest BCUT2D eigenvalue weighted by Crippen LogP contribution is -2.37. The number of nitrogens with zero attached hydrogens (tertiary/aromatic N) is 3. The van der Waals surface area contributed by atoms with Gasteiger partial charge in [0.25, 0.3) is 5.91 Å². The average Bonchev–Trinajstić information content (AvgIpc) is 3.14. The molecule has 134 valence electrons. The lowest BCUT2D eigenvalue weighted by Gasteiger charge is -2.19. The number of nitrogens with one attached hydrogen (secondary N) is 1.